The van der Waals surface area contributed by atoms with Crippen LogP contribution in [0.5, 0.6) is 0 Å². The van der Waals surface area contributed by atoms with Crippen molar-refractivity contribution in [2.24, 2.45) is 5.92 Å². The molecule has 0 heterocycles. The first-order valence-corrected chi connectivity index (χ1v) is 9.42. The molecule has 0 aliphatic rings. The van der Waals surface area contributed by atoms with Crippen molar-refractivity contribution in [1.82, 2.24) is 0 Å². The number of allylic oxidation sites excluding steroid dienone is 2. The lowest BCUT2D eigenvalue weighted by molar-refractivity contribution is 0.468. The summed E-state index contributed by atoms with van der Waals surface area (Å²) in [7, 11) is 0. The number of hydrogen-bond donors (Lipinski definition) is 0. The second-order valence-corrected chi connectivity index (χ2v) is 6.55. The zero-order valence-electron chi connectivity index (χ0n) is 14.6. The SMILES string of the molecule is C/C=C/CCCCCCCCCCCCCC(C)CC. The second-order valence-electron chi connectivity index (χ2n) is 6.55. The Morgan fingerprint density at radius 1 is 0.700 bits per heavy atom. The fraction of sp³-hybridized carbons (Fsp3) is 0.900. The molecule has 0 bridgehead atoms. The highest BCUT2D eigenvalue weighted by Gasteiger charge is 1.98. The van der Waals surface area contributed by atoms with Crippen molar-refractivity contribution >= 4 is 0 Å². The topological polar surface area (TPSA) is 0 Å². The van der Waals surface area contributed by atoms with Crippen molar-refractivity contribution in [3.63, 3.8) is 0 Å². The molecule has 0 spiro atoms. The van der Waals surface area contributed by atoms with Crippen LogP contribution in [0.3, 0.4) is 0 Å². The first-order valence-electron chi connectivity index (χ1n) is 9.42. The Labute approximate surface area is 129 Å². The van der Waals surface area contributed by atoms with Gasteiger partial charge in [-0.1, -0.05) is 103 Å². The van der Waals surface area contributed by atoms with Gasteiger partial charge < -0.3 is 0 Å². The van der Waals surface area contributed by atoms with Crippen LogP contribution in [-0.4, -0.2) is 0 Å². The van der Waals surface area contributed by atoms with Crippen LogP contribution in [0.1, 0.15) is 111 Å². The van der Waals surface area contributed by atoms with E-state index in [9.17, 15) is 0 Å². The molecule has 0 N–H and O–H groups in total. The van der Waals surface area contributed by atoms with Gasteiger partial charge in [0.2, 0.25) is 0 Å². The normalized spacial score (nSPS) is 13.2. The fourth-order valence-corrected chi connectivity index (χ4v) is 2.72. The highest BCUT2D eigenvalue weighted by molar-refractivity contribution is 4.76. The van der Waals surface area contributed by atoms with Crippen LogP contribution in [0.2, 0.25) is 0 Å². The third-order valence-corrected chi connectivity index (χ3v) is 4.50. The second kappa shape index (κ2) is 16.8. The minimum absolute atomic E-state index is 0.947. The van der Waals surface area contributed by atoms with Gasteiger partial charge in [0.15, 0.2) is 0 Å². The highest BCUT2D eigenvalue weighted by atomic mass is 14.0. The van der Waals surface area contributed by atoms with Gasteiger partial charge in [0.25, 0.3) is 0 Å². The predicted octanol–water partition coefficient (Wildman–Crippen LogP) is 7.68. The van der Waals surface area contributed by atoms with Gasteiger partial charge in [-0.3, -0.25) is 0 Å². The lowest BCUT2D eigenvalue weighted by atomic mass is 9.99. The first-order chi connectivity index (χ1) is 9.81. The van der Waals surface area contributed by atoms with E-state index in [0.29, 0.717) is 0 Å². The minimum Gasteiger partial charge on any atom is -0.0917 e. The zero-order valence-corrected chi connectivity index (χ0v) is 14.6. The van der Waals surface area contributed by atoms with Gasteiger partial charge in [0.05, 0.1) is 0 Å². The molecule has 0 aliphatic carbocycles. The first kappa shape index (κ1) is 19.7. The largest absolute Gasteiger partial charge is 0.0917 e. The molecule has 1 unspecified atom stereocenters. The summed E-state index contributed by atoms with van der Waals surface area (Å²) in [6.45, 7) is 6.81. The Kier molecular flexibility index (Phi) is 16.6. The molecule has 120 valence electrons. The zero-order chi connectivity index (χ0) is 14.9. The summed E-state index contributed by atoms with van der Waals surface area (Å²) >= 11 is 0. The van der Waals surface area contributed by atoms with Gasteiger partial charge in [-0.05, 0) is 25.7 Å². The third kappa shape index (κ3) is 15.8. The molecule has 0 saturated carbocycles. The maximum absolute atomic E-state index is 2.39. The van der Waals surface area contributed by atoms with E-state index in [4.69, 9.17) is 0 Å². The van der Waals surface area contributed by atoms with Crippen LogP contribution in [-0.2, 0) is 0 Å². The monoisotopic (exact) mass is 280 g/mol. The van der Waals surface area contributed by atoms with E-state index in [1.54, 1.807) is 0 Å². The molecule has 0 aromatic rings. The Hall–Kier alpha value is -0.260. The summed E-state index contributed by atoms with van der Waals surface area (Å²) in [5.74, 6) is 0.947. The standard InChI is InChI=1S/C20H40/c1-4-6-7-8-9-10-11-12-13-14-15-16-17-18-19-20(3)5-2/h4,6,20H,5,7-19H2,1-3H3/b6-4+. The molecule has 0 aromatic carbocycles. The lowest BCUT2D eigenvalue weighted by Crippen LogP contribution is -1.91. The molecule has 0 heteroatoms. The molecule has 0 saturated heterocycles. The van der Waals surface area contributed by atoms with Crippen LogP contribution >= 0.6 is 0 Å². The predicted molar refractivity (Wildman–Crippen MR) is 94.3 cm³/mol. The van der Waals surface area contributed by atoms with E-state index in [2.05, 4.69) is 32.9 Å². The van der Waals surface area contributed by atoms with Crippen LogP contribution in [0.4, 0.5) is 0 Å². The Morgan fingerprint density at radius 2 is 1.15 bits per heavy atom. The molecular weight excluding hydrogens is 240 g/mol. The van der Waals surface area contributed by atoms with E-state index in [0.717, 1.165) is 5.92 Å². The average molecular weight is 281 g/mol. The summed E-state index contributed by atoms with van der Waals surface area (Å²) in [4.78, 5) is 0. The number of hydrogen-bond acceptors (Lipinski definition) is 0. The van der Waals surface area contributed by atoms with Crippen LogP contribution in [0, 0.1) is 5.92 Å². The molecule has 0 fully saturated rings. The summed E-state index contributed by atoms with van der Waals surface area (Å²) in [5, 5.41) is 0. The van der Waals surface area contributed by atoms with E-state index < -0.39 is 0 Å². The Bertz CT molecular complexity index is 192. The Morgan fingerprint density at radius 3 is 1.60 bits per heavy atom. The van der Waals surface area contributed by atoms with Crippen molar-refractivity contribution in [2.75, 3.05) is 0 Å². The molecular formula is C20H40. The number of unbranched alkanes of at least 4 members (excludes halogenated alkanes) is 11. The summed E-state index contributed by atoms with van der Waals surface area (Å²) in [6.07, 6.45) is 24.6. The summed E-state index contributed by atoms with van der Waals surface area (Å²) < 4.78 is 0. The van der Waals surface area contributed by atoms with Crippen molar-refractivity contribution in [1.29, 1.82) is 0 Å². The van der Waals surface area contributed by atoms with Crippen LogP contribution in [0.15, 0.2) is 12.2 Å². The number of rotatable bonds is 15. The average Bonchev–Trinajstić information content (AvgIpc) is 2.47. The van der Waals surface area contributed by atoms with Crippen LogP contribution < -0.4 is 0 Å². The molecule has 20 heavy (non-hydrogen) atoms. The van der Waals surface area contributed by atoms with Crippen molar-refractivity contribution in [3.8, 4) is 0 Å². The molecule has 0 nitrogen and oxygen atoms in total. The minimum atomic E-state index is 0.947. The molecule has 0 amide bonds. The van der Waals surface area contributed by atoms with Gasteiger partial charge in [0, 0.05) is 0 Å². The van der Waals surface area contributed by atoms with Crippen molar-refractivity contribution < 1.29 is 0 Å². The van der Waals surface area contributed by atoms with Crippen molar-refractivity contribution in [3.05, 3.63) is 12.2 Å². The maximum Gasteiger partial charge on any atom is -0.0351 e. The van der Waals surface area contributed by atoms with E-state index >= 15 is 0 Å². The van der Waals surface area contributed by atoms with Gasteiger partial charge >= 0.3 is 0 Å². The van der Waals surface area contributed by atoms with E-state index in [1.165, 1.54) is 89.9 Å². The molecule has 0 aromatic heterocycles. The van der Waals surface area contributed by atoms with E-state index in [1.807, 2.05) is 0 Å². The molecule has 0 rings (SSSR count). The van der Waals surface area contributed by atoms with Gasteiger partial charge in [-0.25, -0.2) is 0 Å². The maximum atomic E-state index is 2.39. The molecule has 0 radical (unpaired) electrons. The highest BCUT2D eigenvalue weighted by Crippen LogP contribution is 2.15. The van der Waals surface area contributed by atoms with Crippen molar-refractivity contribution in [2.45, 2.75) is 111 Å². The van der Waals surface area contributed by atoms with Crippen LogP contribution in [0.25, 0.3) is 0 Å². The smallest absolute Gasteiger partial charge is 0.0351 e. The summed E-state index contributed by atoms with van der Waals surface area (Å²) in [5.41, 5.74) is 0. The third-order valence-electron chi connectivity index (χ3n) is 4.50. The van der Waals surface area contributed by atoms with Gasteiger partial charge in [-0.15, -0.1) is 0 Å². The molecule has 1 atom stereocenters. The van der Waals surface area contributed by atoms with E-state index in [-0.39, 0.29) is 0 Å². The van der Waals surface area contributed by atoms with Gasteiger partial charge in [0.1, 0.15) is 0 Å². The quantitative estimate of drug-likeness (QED) is 0.213. The molecule has 0 aliphatic heterocycles. The summed E-state index contributed by atoms with van der Waals surface area (Å²) in [6, 6.07) is 0. The lowest BCUT2D eigenvalue weighted by Gasteiger charge is -2.07. The fourth-order valence-electron chi connectivity index (χ4n) is 2.72. The Balaban J connectivity index is 2.99. The van der Waals surface area contributed by atoms with Gasteiger partial charge in [-0.2, -0.15) is 0 Å².